The highest BCUT2D eigenvalue weighted by molar-refractivity contribution is 7.99. The maximum atomic E-state index is 11.9. The Morgan fingerprint density at radius 1 is 1.03 bits per heavy atom. The van der Waals surface area contributed by atoms with Gasteiger partial charge in [0.1, 0.15) is 10.9 Å². The van der Waals surface area contributed by atoms with E-state index in [1.54, 1.807) is 11.8 Å². The lowest BCUT2D eigenvalue weighted by Gasteiger charge is -2.28. The summed E-state index contributed by atoms with van der Waals surface area (Å²) in [6.07, 6.45) is 4.91. The fraction of sp³-hybridized carbons (Fsp3) is 0.259. The van der Waals surface area contributed by atoms with Crippen molar-refractivity contribution in [3.63, 3.8) is 0 Å². The molecule has 1 aromatic heterocycles. The van der Waals surface area contributed by atoms with Gasteiger partial charge in [0.15, 0.2) is 0 Å². The van der Waals surface area contributed by atoms with Crippen molar-refractivity contribution >= 4 is 35.0 Å². The van der Waals surface area contributed by atoms with Crippen molar-refractivity contribution in [2.75, 3.05) is 43.6 Å². The van der Waals surface area contributed by atoms with Gasteiger partial charge in [-0.2, -0.15) is 0 Å². The second kappa shape index (κ2) is 12.3. The lowest BCUT2D eigenvalue weighted by molar-refractivity contribution is -0.117. The van der Waals surface area contributed by atoms with Gasteiger partial charge in [-0.25, -0.2) is 9.97 Å². The van der Waals surface area contributed by atoms with Crippen molar-refractivity contribution < 1.29 is 14.3 Å². The van der Waals surface area contributed by atoms with Crippen LogP contribution in [0, 0.1) is 6.92 Å². The molecule has 36 heavy (non-hydrogen) atoms. The fourth-order valence-corrected chi connectivity index (χ4v) is 4.47. The summed E-state index contributed by atoms with van der Waals surface area (Å²) < 4.78 is 5.44. The Kier molecular flexibility index (Phi) is 8.70. The number of hydrogen-bond acceptors (Lipinski definition) is 7. The zero-order valence-electron chi connectivity index (χ0n) is 20.4. The first-order valence-electron chi connectivity index (χ1n) is 11.7. The molecular formula is C27H29N5O3S. The molecule has 2 heterocycles. The van der Waals surface area contributed by atoms with Gasteiger partial charge in [0.2, 0.25) is 11.8 Å². The van der Waals surface area contributed by atoms with Crippen molar-refractivity contribution in [2.45, 2.75) is 23.3 Å². The van der Waals surface area contributed by atoms with E-state index in [-0.39, 0.29) is 11.8 Å². The van der Waals surface area contributed by atoms with Crippen molar-refractivity contribution in [2.24, 2.45) is 0 Å². The highest BCUT2D eigenvalue weighted by atomic mass is 32.2. The Morgan fingerprint density at radius 3 is 2.42 bits per heavy atom. The Hall–Kier alpha value is -3.69. The summed E-state index contributed by atoms with van der Waals surface area (Å²) in [6.45, 7) is 5.38. The quantitative estimate of drug-likeness (QED) is 0.358. The van der Waals surface area contributed by atoms with E-state index in [9.17, 15) is 9.59 Å². The van der Waals surface area contributed by atoms with E-state index < -0.39 is 0 Å². The van der Waals surface area contributed by atoms with E-state index in [2.05, 4.69) is 44.8 Å². The largest absolute Gasteiger partial charge is 0.378 e. The molecule has 0 bridgehead atoms. The SMILES string of the molecule is CNC(=O)/C=C\C(=O)Nc1ccc(Sc2nc(Cc3ccc(N4CCOCC4)cc3)ncc2C)cc1. The number of ether oxygens (including phenoxy) is 1. The second-order valence-electron chi connectivity index (χ2n) is 8.28. The number of aromatic nitrogens is 2. The monoisotopic (exact) mass is 503 g/mol. The summed E-state index contributed by atoms with van der Waals surface area (Å²) in [7, 11) is 1.51. The molecule has 2 aromatic carbocycles. The van der Waals surface area contributed by atoms with Crippen LogP contribution in [0.4, 0.5) is 11.4 Å². The zero-order valence-corrected chi connectivity index (χ0v) is 21.2. The van der Waals surface area contributed by atoms with E-state index in [1.807, 2.05) is 37.4 Å². The first kappa shape index (κ1) is 25.4. The molecule has 4 rings (SSSR count). The van der Waals surface area contributed by atoms with Crippen molar-refractivity contribution in [1.82, 2.24) is 15.3 Å². The molecule has 1 aliphatic heterocycles. The number of amides is 2. The number of aryl methyl sites for hydroxylation is 1. The molecule has 2 N–H and O–H groups in total. The maximum Gasteiger partial charge on any atom is 0.248 e. The molecule has 0 atom stereocenters. The van der Waals surface area contributed by atoms with Crippen LogP contribution in [0.1, 0.15) is 17.0 Å². The molecule has 0 saturated carbocycles. The number of anilines is 2. The van der Waals surface area contributed by atoms with Gasteiger partial charge in [0, 0.05) is 61.2 Å². The summed E-state index contributed by atoms with van der Waals surface area (Å²) in [5.41, 5.74) is 4.03. The first-order chi connectivity index (χ1) is 17.5. The molecule has 8 nitrogen and oxygen atoms in total. The molecule has 2 amide bonds. The van der Waals surface area contributed by atoms with Crippen LogP contribution >= 0.6 is 11.8 Å². The maximum absolute atomic E-state index is 11.9. The predicted octanol–water partition coefficient (Wildman–Crippen LogP) is 3.60. The van der Waals surface area contributed by atoms with Gasteiger partial charge >= 0.3 is 0 Å². The minimum Gasteiger partial charge on any atom is -0.378 e. The number of carbonyl (C=O) groups excluding carboxylic acids is 2. The molecule has 0 unspecified atom stereocenters. The average molecular weight is 504 g/mol. The topological polar surface area (TPSA) is 96.5 Å². The Labute approximate surface area is 215 Å². The van der Waals surface area contributed by atoms with Gasteiger partial charge in [0.05, 0.1) is 13.2 Å². The third-order valence-electron chi connectivity index (χ3n) is 5.62. The molecule has 1 aliphatic rings. The van der Waals surface area contributed by atoms with E-state index in [0.29, 0.717) is 12.1 Å². The molecule has 0 spiro atoms. The van der Waals surface area contributed by atoms with Crippen molar-refractivity contribution in [3.8, 4) is 0 Å². The fourth-order valence-electron chi connectivity index (χ4n) is 3.61. The van der Waals surface area contributed by atoms with E-state index in [0.717, 1.165) is 53.2 Å². The summed E-state index contributed by atoms with van der Waals surface area (Å²) in [6, 6.07) is 16.1. The molecular weight excluding hydrogens is 474 g/mol. The lowest BCUT2D eigenvalue weighted by Crippen LogP contribution is -2.36. The smallest absolute Gasteiger partial charge is 0.248 e. The van der Waals surface area contributed by atoms with Crippen LogP contribution < -0.4 is 15.5 Å². The highest BCUT2D eigenvalue weighted by Gasteiger charge is 2.12. The number of likely N-dealkylation sites (N-methyl/N-ethyl adjacent to an activating group) is 1. The molecule has 0 aliphatic carbocycles. The molecule has 1 fully saturated rings. The van der Waals surface area contributed by atoms with Gasteiger partial charge in [-0.05, 0) is 54.4 Å². The number of rotatable bonds is 8. The van der Waals surface area contributed by atoms with Crippen LogP contribution in [0.5, 0.6) is 0 Å². The number of hydrogen-bond donors (Lipinski definition) is 2. The zero-order chi connectivity index (χ0) is 25.3. The third-order valence-corrected chi connectivity index (χ3v) is 6.73. The number of nitrogens with zero attached hydrogens (tertiary/aromatic N) is 3. The molecule has 1 saturated heterocycles. The summed E-state index contributed by atoms with van der Waals surface area (Å²) in [5.74, 6) is 0.0729. The highest BCUT2D eigenvalue weighted by Crippen LogP contribution is 2.29. The normalized spacial score (nSPS) is 13.6. The Bertz CT molecular complexity index is 1220. The third kappa shape index (κ3) is 7.16. The van der Waals surface area contributed by atoms with Crippen LogP contribution in [0.2, 0.25) is 0 Å². The van der Waals surface area contributed by atoms with Gasteiger partial charge in [-0.3, -0.25) is 9.59 Å². The second-order valence-corrected chi connectivity index (χ2v) is 9.34. The number of morpholine rings is 1. The van der Waals surface area contributed by atoms with Crippen LogP contribution in [0.15, 0.2) is 76.8 Å². The van der Waals surface area contributed by atoms with E-state index >= 15 is 0 Å². The van der Waals surface area contributed by atoms with Gasteiger partial charge in [-0.1, -0.05) is 23.9 Å². The van der Waals surface area contributed by atoms with Gasteiger partial charge < -0.3 is 20.3 Å². The Morgan fingerprint density at radius 2 is 1.72 bits per heavy atom. The minimum atomic E-state index is -0.367. The summed E-state index contributed by atoms with van der Waals surface area (Å²) >= 11 is 1.56. The molecule has 186 valence electrons. The number of nitrogens with one attached hydrogen (secondary N) is 2. The van der Waals surface area contributed by atoms with Crippen LogP contribution in [0.3, 0.4) is 0 Å². The average Bonchev–Trinajstić information content (AvgIpc) is 2.91. The van der Waals surface area contributed by atoms with Crippen LogP contribution in [-0.4, -0.2) is 55.1 Å². The number of carbonyl (C=O) groups is 2. The molecule has 0 radical (unpaired) electrons. The first-order valence-corrected chi connectivity index (χ1v) is 12.5. The van der Waals surface area contributed by atoms with E-state index in [1.165, 1.54) is 24.9 Å². The van der Waals surface area contributed by atoms with Gasteiger partial charge in [0.25, 0.3) is 0 Å². The lowest BCUT2D eigenvalue weighted by atomic mass is 10.1. The number of benzene rings is 2. The van der Waals surface area contributed by atoms with E-state index in [4.69, 9.17) is 9.72 Å². The van der Waals surface area contributed by atoms with Crippen molar-refractivity contribution in [3.05, 3.63) is 83.8 Å². The van der Waals surface area contributed by atoms with Gasteiger partial charge in [-0.15, -0.1) is 0 Å². The predicted molar refractivity (Wildman–Crippen MR) is 141 cm³/mol. The van der Waals surface area contributed by atoms with Crippen molar-refractivity contribution in [1.29, 1.82) is 0 Å². The summed E-state index contributed by atoms with van der Waals surface area (Å²) in [5, 5.41) is 6.06. The minimum absolute atomic E-state index is 0.332. The standard InChI is InChI=1S/C27H29N5O3S/c1-19-18-29-24(17-20-3-7-22(8-4-20)32-13-15-35-16-14-32)31-27(19)36-23-9-5-21(6-10-23)30-26(34)12-11-25(33)28-2/h3-12,18H,13-17H2,1-2H3,(H,28,33)(H,30,34)/b12-11-. The molecule has 9 heteroatoms. The Balaban J connectivity index is 1.37. The molecule has 3 aromatic rings. The summed E-state index contributed by atoms with van der Waals surface area (Å²) in [4.78, 5) is 35.8. The van der Waals surface area contributed by atoms with Crippen LogP contribution in [0.25, 0.3) is 0 Å². The van der Waals surface area contributed by atoms with Crippen LogP contribution in [-0.2, 0) is 20.7 Å².